The van der Waals surface area contributed by atoms with Crippen LogP contribution in [0.4, 0.5) is 0 Å². The molecule has 0 aliphatic heterocycles. The zero-order valence-electron chi connectivity index (χ0n) is 20.8. The lowest BCUT2D eigenvalue weighted by Gasteiger charge is -2.30. The predicted molar refractivity (Wildman–Crippen MR) is 138 cm³/mol. The van der Waals surface area contributed by atoms with Crippen LogP contribution >= 0.6 is 0 Å². The van der Waals surface area contributed by atoms with E-state index in [2.05, 4.69) is 44.2 Å². The second-order valence-corrected chi connectivity index (χ2v) is 10.9. The number of hydrogen-bond acceptors (Lipinski definition) is 0. The molecule has 0 spiro atoms. The molecular formula is C31H50. The summed E-state index contributed by atoms with van der Waals surface area (Å²) in [7, 11) is 0. The van der Waals surface area contributed by atoms with Crippen LogP contribution < -0.4 is 0 Å². The third kappa shape index (κ3) is 9.15. The van der Waals surface area contributed by atoms with E-state index in [4.69, 9.17) is 0 Å². The lowest BCUT2D eigenvalue weighted by atomic mass is 9.76. The number of hydrogen-bond donors (Lipinski definition) is 0. The molecule has 0 heteroatoms. The first-order valence-corrected chi connectivity index (χ1v) is 14.0. The Morgan fingerprint density at radius 1 is 0.613 bits per heavy atom. The summed E-state index contributed by atoms with van der Waals surface area (Å²) in [6.45, 7) is 4.58. The van der Waals surface area contributed by atoms with Gasteiger partial charge in [-0.1, -0.05) is 120 Å². The van der Waals surface area contributed by atoms with Gasteiger partial charge in [-0.3, -0.25) is 0 Å². The number of rotatable bonds is 13. The normalized spacial score (nSPS) is 24.2. The van der Waals surface area contributed by atoms with Crippen LogP contribution in [0.25, 0.3) is 0 Å². The van der Waals surface area contributed by atoms with Crippen molar-refractivity contribution in [2.75, 3.05) is 0 Å². The van der Waals surface area contributed by atoms with Gasteiger partial charge in [0.2, 0.25) is 0 Å². The Kier molecular flexibility index (Phi) is 11.3. The molecule has 0 amide bonds. The molecule has 0 nitrogen and oxygen atoms in total. The molecule has 0 radical (unpaired) electrons. The van der Waals surface area contributed by atoms with Gasteiger partial charge in [-0.05, 0) is 73.8 Å². The minimum Gasteiger partial charge on any atom is -0.0850 e. The Bertz CT molecular complexity index is 614. The highest BCUT2D eigenvalue weighted by Gasteiger charge is 2.22. The minimum atomic E-state index is 0.976. The van der Waals surface area contributed by atoms with Gasteiger partial charge in [0.05, 0.1) is 0 Å². The molecule has 3 rings (SSSR count). The fourth-order valence-corrected chi connectivity index (χ4v) is 6.04. The van der Waals surface area contributed by atoms with Crippen LogP contribution in [0.5, 0.6) is 0 Å². The molecule has 0 N–H and O–H groups in total. The van der Waals surface area contributed by atoms with Gasteiger partial charge in [-0.2, -0.15) is 0 Å². The van der Waals surface area contributed by atoms with Crippen molar-refractivity contribution in [3.63, 3.8) is 0 Å². The zero-order chi connectivity index (χ0) is 21.7. The molecule has 174 valence electrons. The second-order valence-electron chi connectivity index (χ2n) is 10.9. The fraction of sp³-hybridized carbons (Fsp3) is 0.742. The van der Waals surface area contributed by atoms with Crippen molar-refractivity contribution in [1.82, 2.24) is 0 Å². The molecule has 0 aromatic heterocycles. The summed E-state index contributed by atoms with van der Waals surface area (Å²) in [6, 6.07) is 9.39. The van der Waals surface area contributed by atoms with Crippen LogP contribution in [0.1, 0.15) is 128 Å². The van der Waals surface area contributed by atoms with Crippen LogP contribution in [-0.4, -0.2) is 0 Å². The van der Waals surface area contributed by atoms with Crippen molar-refractivity contribution in [2.24, 2.45) is 17.8 Å². The van der Waals surface area contributed by atoms with Gasteiger partial charge >= 0.3 is 0 Å². The van der Waals surface area contributed by atoms with E-state index in [1.165, 1.54) is 127 Å². The van der Waals surface area contributed by atoms with Gasteiger partial charge in [0.15, 0.2) is 0 Å². The summed E-state index contributed by atoms with van der Waals surface area (Å²) in [5.41, 5.74) is 4.74. The molecular weight excluding hydrogens is 372 g/mol. The zero-order valence-corrected chi connectivity index (χ0v) is 20.8. The van der Waals surface area contributed by atoms with Gasteiger partial charge < -0.3 is 0 Å². The minimum absolute atomic E-state index is 0.976. The summed E-state index contributed by atoms with van der Waals surface area (Å²) in [4.78, 5) is 0. The maximum absolute atomic E-state index is 2.62. The SMILES string of the molecule is CCCCCCC1CCC(CCC2CC=C(CCc3ccc(CCC)cc3)CC2)CC1. The Morgan fingerprint density at radius 2 is 1.26 bits per heavy atom. The van der Waals surface area contributed by atoms with Crippen molar-refractivity contribution in [3.05, 3.63) is 47.0 Å². The molecule has 31 heavy (non-hydrogen) atoms. The topological polar surface area (TPSA) is 0 Å². The molecule has 0 heterocycles. The van der Waals surface area contributed by atoms with E-state index in [0.717, 1.165) is 17.8 Å². The van der Waals surface area contributed by atoms with Crippen LogP contribution in [0.2, 0.25) is 0 Å². The van der Waals surface area contributed by atoms with Crippen LogP contribution in [0, 0.1) is 17.8 Å². The lowest BCUT2D eigenvalue weighted by molar-refractivity contribution is 0.234. The average molecular weight is 423 g/mol. The number of unbranched alkanes of at least 4 members (excludes halogenated alkanes) is 3. The molecule has 1 saturated carbocycles. The van der Waals surface area contributed by atoms with E-state index in [9.17, 15) is 0 Å². The summed E-state index contributed by atoms with van der Waals surface area (Å²) < 4.78 is 0. The molecule has 1 fully saturated rings. The Hall–Kier alpha value is -1.04. The fourth-order valence-electron chi connectivity index (χ4n) is 6.04. The van der Waals surface area contributed by atoms with Crippen molar-refractivity contribution < 1.29 is 0 Å². The third-order valence-corrected chi connectivity index (χ3v) is 8.33. The van der Waals surface area contributed by atoms with E-state index >= 15 is 0 Å². The van der Waals surface area contributed by atoms with Gasteiger partial charge in [0.25, 0.3) is 0 Å². The first-order chi connectivity index (χ1) is 15.3. The summed E-state index contributed by atoms with van der Waals surface area (Å²) in [5.74, 6) is 3.09. The van der Waals surface area contributed by atoms with E-state index in [1.54, 1.807) is 5.57 Å². The van der Waals surface area contributed by atoms with E-state index in [1.807, 2.05) is 0 Å². The van der Waals surface area contributed by atoms with Crippen molar-refractivity contribution in [2.45, 2.75) is 129 Å². The van der Waals surface area contributed by atoms with Gasteiger partial charge in [-0.15, -0.1) is 0 Å². The predicted octanol–water partition coefficient (Wildman–Crippen LogP) is 9.86. The second kappa shape index (κ2) is 14.2. The summed E-state index contributed by atoms with van der Waals surface area (Å²) in [6.07, 6.45) is 28.2. The van der Waals surface area contributed by atoms with Crippen LogP contribution in [0.15, 0.2) is 35.9 Å². The molecule has 0 bridgehead atoms. The third-order valence-electron chi connectivity index (χ3n) is 8.33. The van der Waals surface area contributed by atoms with E-state index in [-0.39, 0.29) is 0 Å². The summed E-state index contributed by atoms with van der Waals surface area (Å²) >= 11 is 0. The first kappa shape index (κ1) is 24.6. The average Bonchev–Trinajstić information content (AvgIpc) is 2.82. The monoisotopic (exact) mass is 422 g/mol. The number of aryl methyl sites for hydroxylation is 2. The van der Waals surface area contributed by atoms with Gasteiger partial charge in [0.1, 0.15) is 0 Å². The quantitative estimate of drug-likeness (QED) is 0.219. The molecule has 0 saturated heterocycles. The van der Waals surface area contributed by atoms with Crippen molar-refractivity contribution >= 4 is 0 Å². The Morgan fingerprint density at radius 3 is 1.87 bits per heavy atom. The van der Waals surface area contributed by atoms with Crippen molar-refractivity contribution in [1.29, 1.82) is 0 Å². The molecule has 1 aromatic rings. The van der Waals surface area contributed by atoms with E-state index in [0.29, 0.717) is 0 Å². The maximum Gasteiger partial charge on any atom is -0.0241 e. The molecule has 1 atom stereocenters. The Balaban J connectivity index is 1.27. The number of benzene rings is 1. The first-order valence-electron chi connectivity index (χ1n) is 14.0. The highest BCUT2D eigenvalue weighted by molar-refractivity contribution is 5.23. The van der Waals surface area contributed by atoms with E-state index < -0.39 is 0 Å². The lowest BCUT2D eigenvalue weighted by Crippen LogP contribution is -2.16. The molecule has 1 unspecified atom stereocenters. The molecule has 1 aromatic carbocycles. The summed E-state index contributed by atoms with van der Waals surface area (Å²) in [5, 5.41) is 0. The largest absolute Gasteiger partial charge is 0.0850 e. The van der Waals surface area contributed by atoms with Crippen LogP contribution in [-0.2, 0) is 12.8 Å². The maximum atomic E-state index is 2.62. The smallest absolute Gasteiger partial charge is 0.0241 e. The van der Waals surface area contributed by atoms with Crippen molar-refractivity contribution in [3.8, 4) is 0 Å². The molecule has 2 aliphatic rings. The van der Waals surface area contributed by atoms with Gasteiger partial charge in [0, 0.05) is 0 Å². The highest BCUT2D eigenvalue weighted by Crippen LogP contribution is 2.37. The van der Waals surface area contributed by atoms with Gasteiger partial charge in [-0.25, -0.2) is 0 Å². The highest BCUT2D eigenvalue weighted by atomic mass is 14.3. The standard InChI is InChI=1S/C31H50/c1-3-5-6-7-9-27-12-16-29(17-13-27)19-21-31-24-22-30(23-25-31)20-18-28-14-10-26(8-4-2)11-15-28/h10-11,14-15,22,27,29,31H,3-9,12-13,16-21,23-25H2,1-2H3. The Labute approximate surface area is 194 Å². The van der Waals surface area contributed by atoms with Crippen LogP contribution in [0.3, 0.4) is 0 Å². The number of allylic oxidation sites excluding steroid dienone is 2. The molecule has 2 aliphatic carbocycles.